The number of carbonyl (C=O) groups is 1. The molecule has 1 aliphatic heterocycles. The number of amides is 1. The molecule has 0 aliphatic carbocycles. The molecule has 1 aromatic carbocycles. The third-order valence-corrected chi connectivity index (χ3v) is 3.20. The van der Waals surface area contributed by atoms with Crippen LogP contribution in [0.4, 0.5) is 18.9 Å². The summed E-state index contributed by atoms with van der Waals surface area (Å²) in [6, 6.07) is 3.76. The van der Waals surface area contributed by atoms with Crippen molar-refractivity contribution in [1.82, 2.24) is 0 Å². The molecule has 1 unspecified atom stereocenters. The minimum absolute atomic E-state index is 0.0299. The minimum Gasteiger partial charge on any atom is -0.381 e. The summed E-state index contributed by atoms with van der Waals surface area (Å²) in [5.41, 5.74) is -0.498. The van der Waals surface area contributed by atoms with Gasteiger partial charge in [0, 0.05) is 12.3 Å². The molecule has 0 aromatic heterocycles. The molecule has 1 aromatic rings. The van der Waals surface area contributed by atoms with Crippen molar-refractivity contribution in [1.29, 1.82) is 0 Å². The van der Waals surface area contributed by atoms with Crippen molar-refractivity contribution >= 4 is 11.6 Å². The van der Waals surface area contributed by atoms with E-state index in [1.165, 1.54) is 19.1 Å². The van der Waals surface area contributed by atoms with Crippen molar-refractivity contribution in [3.05, 3.63) is 29.3 Å². The van der Waals surface area contributed by atoms with Gasteiger partial charge in [0.15, 0.2) is 0 Å². The largest absolute Gasteiger partial charge is 0.416 e. The molecule has 0 spiro atoms. The van der Waals surface area contributed by atoms with Crippen LogP contribution in [-0.2, 0) is 15.7 Å². The Kier molecular flexibility index (Phi) is 3.80. The lowest BCUT2D eigenvalue weighted by Crippen LogP contribution is -2.23. The van der Waals surface area contributed by atoms with Crippen LogP contribution in [0.2, 0.25) is 0 Å². The van der Waals surface area contributed by atoms with Gasteiger partial charge in [-0.2, -0.15) is 13.2 Å². The predicted octanol–water partition coefficient (Wildman–Crippen LogP) is 2.99. The van der Waals surface area contributed by atoms with E-state index in [0.717, 1.165) is 6.07 Å². The van der Waals surface area contributed by atoms with Crippen LogP contribution in [-0.4, -0.2) is 19.1 Å². The van der Waals surface area contributed by atoms with Gasteiger partial charge >= 0.3 is 6.18 Å². The summed E-state index contributed by atoms with van der Waals surface area (Å²) in [5, 5.41) is 2.55. The molecular formula is C13H14F3NO2. The number of rotatable bonds is 2. The molecule has 1 N–H and O–H groups in total. The molecule has 1 atom stereocenters. The van der Waals surface area contributed by atoms with Gasteiger partial charge in [-0.1, -0.05) is 6.07 Å². The van der Waals surface area contributed by atoms with E-state index < -0.39 is 11.7 Å². The Bertz CT molecular complexity index is 479. The lowest BCUT2D eigenvalue weighted by atomic mass is 10.0. The first kappa shape index (κ1) is 13.9. The summed E-state index contributed by atoms with van der Waals surface area (Å²) in [5.74, 6) is -0.575. The predicted molar refractivity (Wildman–Crippen MR) is 63.7 cm³/mol. The highest BCUT2D eigenvalue weighted by Gasteiger charge is 2.33. The van der Waals surface area contributed by atoms with Gasteiger partial charge in [-0.3, -0.25) is 4.79 Å². The van der Waals surface area contributed by atoms with Gasteiger partial charge in [0.1, 0.15) is 0 Å². The molecule has 0 saturated carbocycles. The van der Waals surface area contributed by atoms with Crippen LogP contribution in [0, 0.1) is 12.8 Å². The zero-order valence-corrected chi connectivity index (χ0v) is 10.4. The molecule has 6 heteroatoms. The third-order valence-electron chi connectivity index (χ3n) is 3.20. The molecule has 3 nitrogen and oxygen atoms in total. The lowest BCUT2D eigenvalue weighted by Gasteiger charge is -2.16. The molecule has 1 aliphatic rings. The van der Waals surface area contributed by atoms with E-state index in [2.05, 4.69) is 5.32 Å². The van der Waals surface area contributed by atoms with Gasteiger partial charge in [-0.05, 0) is 31.0 Å². The van der Waals surface area contributed by atoms with Crippen LogP contribution >= 0.6 is 0 Å². The molecule has 1 fully saturated rings. The van der Waals surface area contributed by atoms with Gasteiger partial charge in [0.2, 0.25) is 5.91 Å². The van der Waals surface area contributed by atoms with Gasteiger partial charge in [0.25, 0.3) is 0 Å². The van der Waals surface area contributed by atoms with Crippen molar-refractivity contribution in [3.63, 3.8) is 0 Å². The highest BCUT2D eigenvalue weighted by Crippen LogP contribution is 2.34. The Labute approximate surface area is 108 Å². The molecule has 1 heterocycles. The minimum atomic E-state index is -4.42. The second-order valence-corrected chi connectivity index (χ2v) is 4.53. The second kappa shape index (κ2) is 5.21. The SMILES string of the molecule is Cc1c(NC(=O)C2CCOC2)cccc1C(F)(F)F. The fourth-order valence-electron chi connectivity index (χ4n) is 2.05. The Morgan fingerprint density at radius 2 is 2.16 bits per heavy atom. The smallest absolute Gasteiger partial charge is 0.381 e. The summed E-state index contributed by atoms with van der Waals surface area (Å²) in [6.45, 7) is 2.19. The quantitative estimate of drug-likeness (QED) is 0.899. The molecule has 104 valence electrons. The van der Waals surface area contributed by atoms with E-state index in [-0.39, 0.29) is 23.1 Å². The van der Waals surface area contributed by atoms with Crippen LogP contribution in [0.5, 0.6) is 0 Å². The van der Waals surface area contributed by atoms with Crippen molar-refractivity contribution in [2.45, 2.75) is 19.5 Å². The fraction of sp³-hybridized carbons (Fsp3) is 0.462. The van der Waals surface area contributed by atoms with Crippen molar-refractivity contribution in [2.24, 2.45) is 5.92 Å². The molecular weight excluding hydrogens is 259 g/mol. The Morgan fingerprint density at radius 1 is 1.42 bits per heavy atom. The van der Waals surface area contributed by atoms with Gasteiger partial charge < -0.3 is 10.1 Å². The summed E-state index contributed by atoms with van der Waals surface area (Å²) in [7, 11) is 0. The van der Waals surface area contributed by atoms with E-state index in [1.807, 2.05) is 0 Å². The van der Waals surface area contributed by atoms with Gasteiger partial charge in [-0.25, -0.2) is 0 Å². The van der Waals surface area contributed by atoms with Crippen LogP contribution < -0.4 is 5.32 Å². The number of nitrogens with one attached hydrogen (secondary N) is 1. The topological polar surface area (TPSA) is 38.3 Å². The maximum atomic E-state index is 12.7. The Hall–Kier alpha value is -1.56. The third kappa shape index (κ3) is 3.07. The number of alkyl halides is 3. The molecule has 19 heavy (non-hydrogen) atoms. The average Bonchev–Trinajstić information content (AvgIpc) is 2.83. The number of hydrogen-bond donors (Lipinski definition) is 1. The van der Waals surface area contributed by atoms with E-state index >= 15 is 0 Å². The van der Waals surface area contributed by atoms with E-state index in [9.17, 15) is 18.0 Å². The van der Waals surface area contributed by atoms with Crippen molar-refractivity contribution < 1.29 is 22.7 Å². The first-order valence-electron chi connectivity index (χ1n) is 5.95. The molecule has 1 saturated heterocycles. The normalized spacial score (nSPS) is 19.5. The molecule has 2 rings (SSSR count). The summed E-state index contributed by atoms with van der Waals surface area (Å²) in [4.78, 5) is 11.9. The Morgan fingerprint density at radius 3 is 2.74 bits per heavy atom. The van der Waals surface area contributed by atoms with Crippen LogP contribution in [0.25, 0.3) is 0 Å². The number of hydrogen-bond acceptors (Lipinski definition) is 2. The highest BCUT2D eigenvalue weighted by atomic mass is 19.4. The second-order valence-electron chi connectivity index (χ2n) is 4.53. The average molecular weight is 273 g/mol. The maximum Gasteiger partial charge on any atom is 0.416 e. The van der Waals surface area contributed by atoms with Crippen LogP contribution in [0.1, 0.15) is 17.5 Å². The zero-order valence-electron chi connectivity index (χ0n) is 10.4. The Balaban J connectivity index is 2.19. The maximum absolute atomic E-state index is 12.7. The fourth-order valence-corrected chi connectivity index (χ4v) is 2.05. The van der Waals surface area contributed by atoms with E-state index in [4.69, 9.17) is 4.74 Å². The van der Waals surface area contributed by atoms with Crippen molar-refractivity contribution in [3.8, 4) is 0 Å². The highest BCUT2D eigenvalue weighted by molar-refractivity contribution is 5.93. The molecule has 1 amide bonds. The number of halogens is 3. The lowest BCUT2D eigenvalue weighted by molar-refractivity contribution is -0.138. The number of anilines is 1. The monoisotopic (exact) mass is 273 g/mol. The van der Waals surface area contributed by atoms with Gasteiger partial charge in [-0.15, -0.1) is 0 Å². The summed E-state index contributed by atoms with van der Waals surface area (Å²) < 4.78 is 43.3. The summed E-state index contributed by atoms with van der Waals surface area (Å²) in [6.07, 6.45) is -3.81. The molecule has 0 radical (unpaired) electrons. The zero-order chi connectivity index (χ0) is 14.0. The van der Waals surface area contributed by atoms with Crippen molar-refractivity contribution in [2.75, 3.05) is 18.5 Å². The first-order chi connectivity index (χ1) is 8.89. The number of carbonyl (C=O) groups excluding carboxylic acids is 1. The van der Waals surface area contributed by atoms with E-state index in [0.29, 0.717) is 19.6 Å². The number of benzene rings is 1. The molecule has 0 bridgehead atoms. The number of ether oxygens (including phenoxy) is 1. The standard InChI is InChI=1S/C13H14F3NO2/c1-8-10(13(14,15)16)3-2-4-11(8)17-12(18)9-5-6-19-7-9/h2-4,9H,5-7H2,1H3,(H,17,18). The van der Waals surface area contributed by atoms with Crippen LogP contribution in [0.3, 0.4) is 0 Å². The van der Waals surface area contributed by atoms with Crippen LogP contribution in [0.15, 0.2) is 18.2 Å². The van der Waals surface area contributed by atoms with E-state index in [1.54, 1.807) is 0 Å². The van der Waals surface area contributed by atoms with Gasteiger partial charge in [0.05, 0.1) is 18.1 Å². The summed E-state index contributed by atoms with van der Waals surface area (Å²) >= 11 is 0. The first-order valence-corrected chi connectivity index (χ1v) is 5.95.